The molecule has 0 aliphatic carbocycles. The molecule has 1 N–H and O–H groups in total. The van der Waals surface area contributed by atoms with Gasteiger partial charge in [-0.05, 0) is 61.0 Å². The number of hydrogen-bond donors (Lipinski definition) is 1. The number of oxazole rings is 1. The molecule has 0 atom stereocenters. The first-order valence-electron chi connectivity index (χ1n) is 9.56. The van der Waals surface area contributed by atoms with Gasteiger partial charge in [0.1, 0.15) is 11.3 Å². The molecule has 6 nitrogen and oxygen atoms in total. The molecule has 2 aromatic carbocycles. The van der Waals surface area contributed by atoms with E-state index in [9.17, 15) is 4.79 Å². The van der Waals surface area contributed by atoms with E-state index in [0.29, 0.717) is 33.5 Å². The van der Waals surface area contributed by atoms with Gasteiger partial charge in [-0.2, -0.15) is 0 Å². The zero-order chi connectivity index (χ0) is 21.4. The fourth-order valence-electron chi connectivity index (χ4n) is 3.29. The summed E-state index contributed by atoms with van der Waals surface area (Å²) >= 11 is 6.19. The van der Waals surface area contributed by atoms with Crippen LogP contribution in [-0.2, 0) is 0 Å². The van der Waals surface area contributed by atoms with Crippen molar-refractivity contribution in [2.45, 2.75) is 6.92 Å². The van der Waals surface area contributed by atoms with E-state index in [1.54, 1.807) is 42.7 Å². The summed E-state index contributed by atoms with van der Waals surface area (Å²) in [5, 5.41) is 3.49. The van der Waals surface area contributed by atoms with Crippen LogP contribution in [0.4, 0.5) is 5.69 Å². The number of aromatic nitrogens is 2. The number of halogens is 1. The number of carbonyl (C=O) groups is 1. The Balaban J connectivity index is 1.38. The van der Waals surface area contributed by atoms with Gasteiger partial charge >= 0.3 is 0 Å². The highest BCUT2D eigenvalue weighted by Crippen LogP contribution is 2.30. The normalized spacial score (nSPS) is 11.0. The second-order valence-electron chi connectivity index (χ2n) is 6.97. The molecule has 3 aromatic heterocycles. The van der Waals surface area contributed by atoms with Crippen molar-refractivity contribution in [2.75, 3.05) is 5.32 Å². The van der Waals surface area contributed by atoms with Crippen LogP contribution in [0.1, 0.15) is 16.1 Å². The van der Waals surface area contributed by atoms with Gasteiger partial charge in [0.05, 0.1) is 0 Å². The topological polar surface area (TPSA) is 81.2 Å². The molecule has 0 fully saturated rings. The monoisotopic (exact) mass is 429 g/mol. The maximum Gasteiger partial charge on any atom is 0.291 e. The lowest BCUT2D eigenvalue weighted by Gasteiger charge is -2.05. The average Bonchev–Trinajstić information content (AvgIpc) is 3.43. The van der Waals surface area contributed by atoms with E-state index in [0.717, 1.165) is 16.7 Å². The molecule has 0 unspecified atom stereocenters. The molecular formula is C24H16ClN3O3. The summed E-state index contributed by atoms with van der Waals surface area (Å²) in [5.41, 5.74) is 4.42. The van der Waals surface area contributed by atoms with Crippen LogP contribution in [0.3, 0.4) is 0 Å². The molecule has 0 bridgehead atoms. The number of pyridine rings is 1. The standard InChI is InChI=1S/C24H16ClN3O3/c1-14-17(3-2-4-18(14)25)20-7-8-22(30-20)23(29)27-16-5-6-21-19(13-16)28-24(31-21)15-9-11-26-12-10-15/h2-13H,1H3,(H,27,29). The minimum atomic E-state index is -0.358. The third-order valence-electron chi connectivity index (χ3n) is 4.94. The fourth-order valence-corrected chi connectivity index (χ4v) is 3.47. The van der Waals surface area contributed by atoms with Crippen molar-refractivity contribution >= 4 is 34.3 Å². The van der Waals surface area contributed by atoms with Crippen LogP contribution >= 0.6 is 11.6 Å². The molecule has 1 amide bonds. The van der Waals surface area contributed by atoms with Crippen LogP contribution in [0, 0.1) is 6.92 Å². The minimum Gasteiger partial charge on any atom is -0.451 e. The van der Waals surface area contributed by atoms with E-state index < -0.39 is 0 Å². The lowest BCUT2D eigenvalue weighted by molar-refractivity contribution is 0.0997. The number of amides is 1. The summed E-state index contributed by atoms with van der Waals surface area (Å²) < 4.78 is 11.6. The van der Waals surface area contributed by atoms with E-state index in [4.69, 9.17) is 20.4 Å². The number of hydrogen-bond acceptors (Lipinski definition) is 5. The lowest BCUT2D eigenvalue weighted by Crippen LogP contribution is -2.10. The summed E-state index contributed by atoms with van der Waals surface area (Å²) in [7, 11) is 0. The van der Waals surface area contributed by atoms with Gasteiger partial charge in [-0.1, -0.05) is 23.7 Å². The van der Waals surface area contributed by atoms with Crippen LogP contribution in [0.2, 0.25) is 5.02 Å². The largest absolute Gasteiger partial charge is 0.451 e. The highest BCUT2D eigenvalue weighted by molar-refractivity contribution is 6.31. The SMILES string of the molecule is Cc1c(Cl)cccc1-c1ccc(C(=O)Nc2ccc3oc(-c4ccncc4)nc3c2)o1. The van der Waals surface area contributed by atoms with Crippen molar-refractivity contribution in [3.63, 3.8) is 0 Å². The Kier molecular flexibility index (Phi) is 4.76. The van der Waals surface area contributed by atoms with E-state index in [2.05, 4.69) is 15.3 Å². The van der Waals surface area contributed by atoms with Gasteiger partial charge in [-0.15, -0.1) is 0 Å². The maximum absolute atomic E-state index is 12.7. The third-order valence-corrected chi connectivity index (χ3v) is 5.35. The van der Waals surface area contributed by atoms with Crippen LogP contribution in [0.15, 0.2) is 81.9 Å². The summed E-state index contributed by atoms with van der Waals surface area (Å²) in [4.78, 5) is 21.2. The fraction of sp³-hybridized carbons (Fsp3) is 0.0417. The number of nitrogens with one attached hydrogen (secondary N) is 1. The Morgan fingerprint density at radius 1 is 1.00 bits per heavy atom. The van der Waals surface area contributed by atoms with Gasteiger partial charge in [0.15, 0.2) is 11.3 Å². The van der Waals surface area contributed by atoms with Crippen LogP contribution in [-0.4, -0.2) is 15.9 Å². The number of anilines is 1. The number of benzene rings is 2. The minimum absolute atomic E-state index is 0.201. The molecule has 31 heavy (non-hydrogen) atoms. The van der Waals surface area contributed by atoms with Crippen molar-refractivity contribution in [1.29, 1.82) is 0 Å². The van der Waals surface area contributed by atoms with Crippen molar-refractivity contribution in [3.8, 4) is 22.8 Å². The number of furan rings is 1. The molecule has 0 saturated carbocycles. The van der Waals surface area contributed by atoms with Crippen molar-refractivity contribution in [2.24, 2.45) is 0 Å². The number of carbonyl (C=O) groups excluding carboxylic acids is 1. The Bertz CT molecular complexity index is 1410. The van der Waals surface area contributed by atoms with E-state index in [1.807, 2.05) is 37.3 Å². The number of rotatable bonds is 4. The summed E-state index contributed by atoms with van der Waals surface area (Å²) in [5.74, 6) is 0.919. The molecule has 0 spiro atoms. The molecule has 0 radical (unpaired) electrons. The second-order valence-corrected chi connectivity index (χ2v) is 7.38. The van der Waals surface area contributed by atoms with Gasteiger partial charge in [0.2, 0.25) is 5.89 Å². The highest BCUT2D eigenvalue weighted by Gasteiger charge is 2.15. The second kappa shape index (κ2) is 7.74. The number of nitrogens with zero attached hydrogens (tertiary/aromatic N) is 2. The predicted octanol–water partition coefficient (Wildman–Crippen LogP) is 6.36. The lowest BCUT2D eigenvalue weighted by atomic mass is 10.1. The Hall–Kier alpha value is -3.90. The van der Waals surface area contributed by atoms with Crippen LogP contribution in [0.5, 0.6) is 0 Å². The van der Waals surface area contributed by atoms with Crippen molar-refractivity contribution in [3.05, 3.63) is 89.4 Å². The Morgan fingerprint density at radius 3 is 2.68 bits per heavy atom. The van der Waals surface area contributed by atoms with E-state index >= 15 is 0 Å². The third kappa shape index (κ3) is 3.69. The predicted molar refractivity (Wildman–Crippen MR) is 119 cm³/mol. The first-order valence-corrected chi connectivity index (χ1v) is 9.94. The smallest absolute Gasteiger partial charge is 0.291 e. The van der Waals surface area contributed by atoms with Gasteiger partial charge < -0.3 is 14.2 Å². The van der Waals surface area contributed by atoms with Gasteiger partial charge in [-0.25, -0.2) is 4.98 Å². The molecule has 0 aliphatic rings. The zero-order valence-electron chi connectivity index (χ0n) is 16.4. The van der Waals surface area contributed by atoms with Gasteiger partial charge in [0.25, 0.3) is 5.91 Å². The molecule has 5 aromatic rings. The quantitative estimate of drug-likeness (QED) is 0.359. The zero-order valence-corrected chi connectivity index (χ0v) is 17.2. The molecule has 0 aliphatic heterocycles. The molecule has 5 rings (SSSR count). The van der Waals surface area contributed by atoms with Crippen LogP contribution < -0.4 is 5.32 Å². The molecule has 152 valence electrons. The first-order chi connectivity index (χ1) is 15.1. The Morgan fingerprint density at radius 2 is 1.84 bits per heavy atom. The highest BCUT2D eigenvalue weighted by atomic mass is 35.5. The Labute approximate surface area is 182 Å². The molecule has 3 heterocycles. The summed E-state index contributed by atoms with van der Waals surface area (Å²) in [6.07, 6.45) is 3.36. The van der Waals surface area contributed by atoms with E-state index in [1.165, 1.54) is 0 Å². The molecule has 0 saturated heterocycles. The van der Waals surface area contributed by atoms with Crippen molar-refractivity contribution in [1.82, 2.24) is 9.97 Å². The average molecular weight is 430 g/mol. The van der Waals surface area contributed by atoms with Crippen molar-refractivity contribution < 1.29 is 13.6 Å². The number of fused-ring (bicyclic) bond motifs is 1. The van der Waals surface area contributed by atoms with Gasteiger partial charge in [0, 0.05) is 34.2 Å². The molecule has 7 heteroatoms. The summed E-state index contributed by atoms with van der Waals surface area (Å²) in [6, 6.07) is 17.9. The van der Waals surface area contributed by atoms with E-state index in [-0.39, 0.29) is 11.7 Å². The molecular weight excluding hydrogens is 414 g/mol. The van der Waals surface area contributed by atoms with Gasteiger partial charge in [-0.3, -0.25) is 9.78 Å². The summed E-state index contributed by atoms with van der Waals surface area (Å²) in [6.45, 7) is 1.91. The first kappa shape index (κ1) is 19.1. The van der Waals surface area contributed by atoms with Crippen LogP contribution in [0.25, 0.3) is 33.9 Å². The maximum atomic E-state index is 12.7.